The highest BCUT2D eigenvalue weighted by Crippen LogP contribution is 2.34. The number of anilines is 2. The van der Waals surface area contributed by atoms with Gasteiger partial charge in [0, 0.05) is 19.3 Å². The van der Waals surface area contributed by atoms with Crippen LogP contribution in [0.1, 0.15) is 29.0 Å². The molecule has 7 nitrogen and oxygen atoms in total. The molecular formula is C18H17F3N6O. The summed E-state index contributed by atoms with van der Waals surface area (Å²) in [6.45, 7) is 2.21. The fourth-order valence-electron chi connectivity index (χ4n) is 3.30. The summed E-state index contributed by atoms with van der Waals surface area (Å²) >= 11 is 0. The van der Waals surface area contributed by atoms with Gasteiger partial charge in [-0.3, -0.25) is 9.48 Å². The minimum Gasteiger partial charge on any atom is -0.359 e. The normalized spacial score (nSPS) is 17.0. The van der Waals surface area contributed by atoms with Gasteiger partial charge in [0.15, 0.2) is 5.95 Å². The van der Waals surface area contributed by atoms with Gasteiger partial charge < -0.3 is 15.2 Å². The fraction of sp³-hybridized carbons (Fsp3) is 0.278. The zero-order valence-corrected chi connectivity index (χ0v) is 15.1. The molecular weight excluding hydrogens is 373 g/mol. The molecule has 0 bridgehead atoms. The molecule has 1 aliphatic rings. The third-order valence-electron chi connectivity index (χ3n) is 4.72. The fourth-order valence-corrected chi connectivity index (χ4v) is 3.30. The van der Waals surface area contributed by atoms with E-state index in [4.69, 9.17) is 0 Å². The second-order valence-electron chi connectivity index (χ2n) is 6.56. The molecule has 3 aromatic rings. The van der Waals surface area contributed by atoms with Crippen molar-refractivity contribution in [2.45, 2.75) is 19.1 Å². The third kappa shape index (κ3) is 2.90. The van der Waals surface area contributed by atoms with E-state index in [0.717, 1.165) is 12.1 Å². The summed E-state index contributed by atoms with van der Waals surface area (Å²) in [4.78, 5) is 21.9. The van der Waals surface area contributed by atoms with Crippen LogP contribution >= 0.6 is 0 Å². The van der Waals surface area contributed by atoms with E-state index in [1.54, 1.807) is 24.1 Å². The number of hydrogen-bond acceptors (Lipinski definition) is 4. The van der Waals surface area contributed by atoms with Gasteiger partial charge in [0.1, 0.15) is 5.69 Å². The number of halogens is 3. The number of nitrogens with one attached hydrogen (secondary N) is 2. The lowest BCUT2D eigenvalue weighted by Gasteiger charge is -2.32. The van der Waals surface area contributed by atoms with Crippen molar-refractivity contribution in [3.8, 4) is 11.3 Å². The molecule has 4 rings (SSSR count). The zero-order chi connectivity index (χ0) is 20.1. The van der Waals surface area contributed by atoms with E-state index in [1.807, 2.05) is 6.92 Å². The van der Waals surface area contributed by atoms with Gasteiger partial charge in [0.2, 0.25) is 0 Å². The summed E-state index contributed by atoms with van der Waals surface area (Å²) in [5.41, 5.74) is 1.23. The van der Waals surface area contributed by atoms with Crippen LogP contribution in [0.5, 0.6) is 0 Å². The lowest BCUT2D eigenvalue weighted by atomic mass is 10.1. The van der Waals surface area contributed by atoms with Gasteiger partial charge in [-0.1, -0.05) is 0 Å². The highest BCUT2D eigenvalue weighted by Gasteiger charge is 2.35. The van der Waals surface area contributed by atoms with E-state index in [-0.39, 0.29) is 11.9 Å². The second-order valence-corrected chi connectivity index (χ2v) is 6.56. The Morgan fingerprint density at radius 2 is 1.93 bits per heavy atom. The number of rotatable bonds is 3. The van der Waals surface area contributed by atoms with Crippen LogP contribution in [-0.4, -0.2) is 39.2 Å². The van der Waals surface area contributed by atoms with E-state index in [2.05, 4.69) is 20.4 Å². The third-order valence-corrected chi connectivity index (χ3v) is 4.72. The van der Waals surface area contributed by atoms with E-state index in [1.165, 1.54) is 17.0 Å². The first-order chi connectivity index (χ1) is 13.3. The summed E-state index contributed by atoms with van der Waals surface area (Å²) in [6.07, 6.45) is -1.24. The smallest absolute Gasteiger partial charge is 0.359 e. The van der Waals surface area contributed by atoms with Crippen LogP contribution in [0.2, 0.25) is 0 Å². The standard InChI is InChI=1S/C18H17F3N6O/c1-10-9-26(12-5-3-11(4-6-12)18(19,20)21)16(28)15-13(7-24-27(10)15)14-8-23-17(22-2)25-14/h3-8,10H,9H2,1-2H3,(H2,22,23,25)/t10-/m0/s1. The van der Waals surface area contributed by atoms with Crippen LogP contribution in [-0.2, 0) is 6.18 Å². The summed E-state index contributed by atoms with van der Waals surface area (Å²) in [5.74, 6) is 0.219. The summed E-state index contributed by atoms with van der Waals surface area (Å²) in [6, 6.07) is 4.45. The maximum absolute atomic E-state index is 13.2. The largest absolute Gasteiger partial charge is 0.416 e. The molecule has 0 radical (unpaired) electrons. The van der Waals surface area contributed by atoms with Gasteiger partial charge in [-0.2, -0.15) is 18.3 Å². The molecule has 2 aromatic heterocycles. The number of aromatic amines is 1. The SMILES string of the molecule is CNc1ncc(-c2cnn3c2C(=O)N(c2ccc(C(F)(F)F)cc2)C[C@@H]3C)[nH]1. The average Bonchev–Trinajstić information content (AvgIpc) is 3.31. The zero-order valence-electron chi connectivity index (χ0n) is 15.1. The molecule has 0 spiro atoms. The van der Waals surface area contributed by atoms with Crippen molar-refractivity contribution in [2.75, 3.05) is 23.8 Å². The van der Waals surface area contributed by atoms with Crippen LogP contribution in [0.15, 0.2) is 36.7 Å². The Bertz CT molecular complexity index is 1020. The van der Waals surface area contributed by atoms with E-state index in [0.29, 0.717) is 35.1 Å². The molecule has 1 atom stereocenters. The molecule has 1 aromatic carbocycles. The Morgan fingerprint density at radius 1 is 1.21 bits per heavy atom. The Morgan fingerprint density at radius 3 is 2.54 bits per heavy atom. The van der Waals surface area contributed by atoms with Crippen molar-refractivity contribution in [2.24, 2.45) is 0 Å². The van der Waals surface area contributed by atoms with Crippen molar-refractivity contribution in [1.29, 1.82) is 0 Å². The molecule has 0 saturated carbocycles. The lowest BCUT2D eigenvalue weighted by molar-refractivity contribution is -0.137. The number of carbonyl (C=O) groups is 1. The molecule has 1 aliphatic heterocycles. The molecule has 146 valence electrons. The van der Waals surface area contributed by atoms with Gasteiger partial charge in [0.05, 0.1) is 35.3 Å². The number of imidazole rings is 1. The molecule has 0 saturated heterocycles. The minimum atomic E-state index is -4.42. The van der Waals surface area contributed by atoms with E-state index < -0.39 is 11.7 Å². The Hall–Kier alpha value is -3.30. The van der Waals surface area contributed by atoms with Gasteiger partial charge >= 0.3 is 6.18 Å². The number of alkyl halides is 3. The van der Waals surface area contributed by atoms with E-state index in [9.17, 15) is 18.0 Å². The number of carbonyl (C=O) groups excluding carboxylic acids is 1. The number of aromatic nitrogens is 4. The van der Waals surface area contributed by atoms with Crippen LogP contribution in [0.4, 0.5) is 24.8 Å². The van der Waals surface area contributed by atoms with Crippen molar-refractivity contribution in [3.05, 3.63) is 47.9 Å². The van der Waals surface area contributed by atoms with Crippen molar-refractivity contribution < 1.29 is 18.0 Å². The molecule has 28 heavy (non-hydrogen) atoms. The molecule has 1 amide bonds. The summed E-state index contributed by atoms with van der Waals surface area (Å²) in [5, 5.41) is 7.21. The number of amides is 1. The highest BCUT2D eigenvalue weighted by atomic mass is 19.4. The predicted molar refractivity (Wildman–Crippen MR) is 97.2 cm³/mol. The Labute approximate surface area is 158 Å². The molecule has 0 fully saturated rings. The van der Waals surface area contributed by atoms with Crippen molar-refractivity contribution in [1.82, 2.24) is 19.7 Å². The Balaban J connectivity index is 1.72. The van der Waals surface area contributed by atoms with Gasteiger partial charge in [0.25, 0.3) is 5.91 Å². The maximum Gasteiger partial charge on any atom is 0.416 e. The first-order valence-corrected chi connectivity index (χ1v) is 8.59. The first kappa shape index (κ1) is 18.1. The number of nitrogens with zero attached hydrogens (tertiary/aromatic N) is 4. The number of hydrogen-bond donors (Lipinski definition) is 2. The van der Waals surface area contributed by atoms with Crippen molar-refractivity contribution >= 4 is 17.5 Å². The van der Waals surface area contributed by atoms with Crippen molar-refractivity contribution in [3.63, 3.8) is 0 Å². The van der Waals surface area contributed by atoms with Gasteiger partial charge in [-0.25, -0.2) is 4.98 Å². The number of H-pyrrole nitrogens is 1. The van der Waals surface area contributed by atoms with Crippen LogP contribution in [0.25, 0.3) is 11.3 Å². The van der Waals surface area contributed by atoms with Gasteiger partial charge in [-0.05, 0) is 31.2 Å². The van der Waals surface area contributed by atoms with Crippen LogP contribution in [0, 0.1) is 0 Å². The van der Waals surface area contributed by atoms with Crippen LogP contribution < -0.4 is 10.2 Å². The van der Waals surface area contributed by atoms with Crippen LogP contribution in [0.3, 0.4) is 0 Å². The molecule has 3 heterocycles. The minimum absolute atomic E-state index is 0.143. The topological polar surface area (TPSA) is 78.8 Å². The highest BCUT2D eigenvalue weighted by molar-refractivity contribution is 6.09. The number of fused-ring (bicyclic) bond motifs is 1. The Kier molecular flexibility index (Phi) is 4.13. The quantitative estimate of drug-likeness (QED) is 0.717. The summed E-state index contributed by atoms with van der Waals surface area (Å²) in [7, 11) is 1.72. The average molecular weight is 390 g/mol. The molecule has 10 heteroatoms. The van der Waals surface area contributed by atoms with E-state index >= 15 is 0 Å². The molecule has 0 unspecified atom stereocenters. The predicted octanol–water partition coefficient (Wildman–Crippen LogP) is 3.56. The first-order valence-electron chi connectivity index (χ1n) is 8.59. The lowest BCUT2D eigenvalue weighted by Crippen LogP contribution is -2.42. The maximum atomic E-state index is 13.2. The second kappa shape index (κ2) is 6.39. The summed E-state index contributed by atoms with van der Waals surface area (Å²) < 4.78 is 40.1. The number of benzene rings is 1. The molecule has 2 N–H and O–H groups in total. The molecule has 0 aliphatic carbocycles. The van der Waals surface area contributed by atoms with Gasteiger partial charge in [-0.15, -0.1) is 0 Å². The monoisotopic (exact) mass is 390 g/mol.